The average Bonchev–Trinajstić information content (AvgIpc) is 3.33. The zero-order valence-corrected chi connectivity index (χ0v) is 11.8. The molecule has 5 nitrogen and oxygen atoms in total. The van der Waals surface area contributed by atoms with E-state index in [2.05, 4.69) is 10.2 Å². The molecule has 5 heteroatoms. The Morgan fingerprint density at radius 1 is 0.950 bits per heavy atom. The van der Waals surface area contributed by atoms with Crippen LogP contribution in [0.1, 0.15) is 36.8 Å². The van der Waals surface area contributed by atoms with Crippen molar-refractivity contribution in [3.63, 3.8) is 0 Å². The maximum Gasteiger partial charge on any atom is 0.154 e. The lowest BCUT2D eigenvalue weighted by molar-refractivity contribution is -0.124. The van der Waals surface area contributed by atoms with E-state index in [0.717, 1.165) is 36.8 Å². The summed E-state index contributed by atoms with van der Waals surface area (Å²) in [6.45, 7) is 0. The van der Waals surface area contributed by atoms with Crippen LogP contribution in [-0.4, -0.2) is 25.3 Å². The molecule has 0 aromatic carbocycles. The third-order valence-corrected chi connectivity index (χ3v) is 4.88. The first-order valence-corrected chi connectivity index (χ1v) is 7.10. The Hall–Kier alpha value is -1.91. The fourth-order valence-corrected chi connectivity index (χ4v) is 3.34. The molecule has 20 heavy (non-hydrogen) atoms. The zero-order chi connectivity index (χ0) is 14.0. The minimum absolute atomic E-state index is 0.277. The van der Waals surface area contributed by atoms with Crippen molar-refractivity contribution in [2.75, 3.05) is 0 Å². The summed E-state index contributed by atoms with van der Waals surface area (Å²) in [5.41, 5.74) is 1.61. The van der Waals surface area contributed by atoms with Crippen molar-refractivity contribution in [2.45, 2.75) is 36.5 Å². The lowest BCUT2D eigenvalue weighted by atomic mass is 9.81. The number of Topliss-reactive ketones (excluding diaryl/α,β-unsaturated/α-hetero) is 1. The first-order valence-electron chi connectivity index (χ1n) is 7.10. The number of ketones is 1. The summed E-state index contributed by atoms with van der Waals surface area (Å²) in [7, 11) is 3.80. The maximum absolute atomic E-state index is 13.2. The van der Waals surface area contributed by atoms with Gasteiger partial charge < -0.3 is 0 Å². The molecule has 0 N–H and O–H groups in total. The van der Waals surface area contributed by atoms with Gasteiger partial charge in [0, 0.05) is 37.6 Å². The van der Waals surface area contributed by atoms with Gasteiger partial charge in [-0.3, -0.25) is 14.2 Å². The lowest BCUT2D eigenvalue weighted by Gasteiger charge is -2.19. The fourth-order valence-electron chi connectivity index (χ4n) is 3.34. The van der Waals surface area contributed by atoms with Crippen LogP contribution in [0.25, 0.3) is 0 Å². The van der Waals surface area contributed by atoms with Crippen molar-refractivity contribution in [3.05, 3.63) is 35.9 Å². The summed E-state index contributed by atoms with van der Waals surface area (Å²) in [6, 6.07) is 0. The molecule has 4 rings (SSSR count). The second kappa shape index (κ2) is 3.59. The highest BCUT2D eigenvalue weighted by molar-refractivity contribution is 6.03. The van der Waals surface area contributed by atoms with Crippen LogP contribution in [0.15, 0.2) is 24.8 Å². The molecule has 2 fully saturated rings. The molecule has 0 aliphatic heterocycles. The zero-order valence-electron chi connectivity index (χ0n) is 11.8. The first kappa shape index (κ1) is 11.9. The minimum atomic E-state index is -0.277. The van der Waals surface area contributed by atoms with E-state index in [9.17, 15) is 4.79 Å². The van der Waals surface area contributed by atoms with Crippen molar-refractivity contribution >= 4 is 5.78 Å². The van der Waals surface area contributed by atoms with Gasteiger partial charge >= 0.3 is 0 Å². The smallest absolute Gasteiger partial charge is 0.154 e. The Kier molecular flexibility index (Phi) is 2.13. The van der Waals surface area contributed by atoms with Crippen molar-refractivity contribution in [3.8, 4) is 0 Å². The highest BCUT2D eigenvalue weighted by Gasteiger charge is 2.63. The molecule has 104 valence electrons. The molecule has 0 amide bonds. The van der Waals surface area contributed by atoms with Gasteiger partial charge in [0.2, 0.25) is 0 Å². The molecule has 2 heterocycles. The number of hydrogen-bond donors (Lipinski definition) is 0. The summed E-state index contributed by atoms with van der Waals surface area (Å²) in [4.78, 5) is 13.2. The number of rotatable bonds is 4. The van der Waals surface area contributed by atoms with Gasteiger partial charge in [0.05, 0.1) is 23.2 Å². The van der Waals surface area contributed by atoms with Crippen molar-refractivity contribution < 1.29 is 4.79 Å². The predicted octanol–water partition coefficient (Wildman–Crippen LogP) is 1.49. The molecule has 2 saturated carbocycles. The number of aryl methyl sites for hydroxylation is 2. The molecule has 0 spiro atoms. The lowest BCUT2D eigenvalue weighted by Crippen LogP contribution is -2.32. The van der Waals surface area contributed by atoms with E-state index < -0.39 is 0 Å². The van der Waals surface area contributed by atoms with E-state index in [1.165, 1.54) is 0 Å². The van der Waals surface area contributed by atoms with Gasteiger partial charge in [-0.2, -0.15) is 10.2 Å². The van der Waals surface area contributed by atoms with Gasteiger partial charge in [0.25, 0.3) is 0 Å². The standard InChI is InChI=1S/C15H18N4O/c1-18-9-11(7-16-18)14(3-4-14)13(20)15(5-6-15)12-8-17-19(2)10-12/h7-10H,3-6H2,1-2H3. The van der Waals surface area contributed by atoms with E-state index in [0.29, 0.717) is 5.78 Å². The molecule has 2 aliphatic carbocycles. The van der Waals surface area contributed by atoms with Crippen LogP contribution in [0.4, 0.5) is 0 Å². The Morgan fingerprint density at radius 3 is 1.60 bits per heavy atom. The van der Waals surface area contributed by atoms with Crippen LogP contribution in [-0.2, 0) is 29.7 Å². The van der Waals surface area contributed by atoms with Crippen molar-refractivity contribution in [2.24, 2.45) is 14.1 Å². The van der Waals surface area contributed by atoms with Gasteiger partial charge in [0.1, 0.15) is 0 Å². The molecule has 0 saturated heterocycles. The maximum atomic E-state index is 13.2. The highest BCUT2D eigenvalue weighted by atomic mass is 16.1. The van der Waals surface area contributed by atoms with Gasteiger partial charge in [-0.25, -0.2) is 0 Å². The van der Waals surface area contributed by atoms with Crippen molar-refractivity contribution in [1.29, 1.82) is 0 Å². The SMILES string of the molecule is Cn1cc(C2(C(=O)C3(c4cnn(C)c4)CC3)CC2)cn1. The summed E-state index contributed by atoms with van der Waals surface area (Å²) >= 11 is 0. The molecule has 2 aliphatic rings. The van der Waals surface area contributed by atoms with E-state index in [-0.39, 0.29) is 10.8 Å². The Labute approximate surface area is 117 Å². The highest BCUT2D eigenvalue weighted by Crippen LogP contribution is 2.60. The average molecular weight is 270 g/mol. The van der Waals surface area contributed by atoms with E-state index in [1.807, 2.05) is 38.9 Å². The van der Waals surface area contributed by atoms with Crippen molar-refractivity contribution in [1.82, 2.24) is 19.6 Å². The minimum Gasteiger partial charge on any atom is -0.298 e. The Bertz CT molecular complexity index is 630. The van der Waals surface area contributed by atoms with Gasteiger partial charge in [-0.05, 0) is 25.7 Å². The third-order valence-electron chi connectivity index (χ3n) is 4.88. The summed E-state index contributed by atoms with van der Waals surface area (Å²) < 4.78 is 3.57. The molecule has 0 radical (unpaired) electrons. The Morgan fingerprint density at radius 2 is 1.35 bits per heavy atom. The number of carbonyl (C=O) groups excluding carboxylic acids is 1. The molecule has 2 aromatic heterocycles. The molecule has 0 bridgehead atoms. The second-order valence-corrected chi connectivity index (χ2v) is 6.30. The van der Waals surface area contributed by atoms with Crippen LogP contribution in [0.3, 0.4) is 0 Å². The number of carbonyl (C=O) groups is 1. The number of nitrogens with zero attached hydrogens (tertiary/aromatic N) is 4. The van der Waals surface area contributed by atoms with E-state index >= 15 is 0 Å². The first-order chi connectivity index (χ1) is 9.57. The van der Waals surface area contributed by atoms with Gasteiger partial charge in [-0.1, -0.05) is 0 Å². The third kappa shape index (κ3) is 1.46. The normalized spacial score (nSPS) is 21.7. The van der Waals surface area contributed by atoms with Crippen LogP contribution >= 0.6 is 0 Å². The van der Waals surface area contributed by atoms with Gasteiger partial charge in [-0.15, -0.1) is 0 Å². The predicted molar refractivity (Wildman–Crippen MR) is 73.2 cm³/mol. The topological polar surface area (TPSA) is 52.7 Å². The molecule has 0 unspecified atom stereocenters. The summed E-state index contributed by atoms with van der Waals surface area (Å²) in [5.74, 6) is 0.381. The molecular formula is C15H18N4O. The molecular weight excluding hydrogens is 252 g/mol. The summed E-state index contributed by atoms with van der Waals surface area (Å²) in [6.07, 6.45) is 11.5. The monoisotopic (exact) mass is 270 g/mol. The van der Waals surface area contributed by atoms with E-state index in [4.69, 9.17) is 0 Å². The Balaban J connectivity index is 1.71. The van der Waals surface area contributed by atoms with Crippen LogP contribution in [0.5, 0.6) is 0 Å². The largest absolute Gasteiger partial charge is 0.298 e. The van der Waals surface area contributed by atoms with Crippen LogP contribution in [0, 0.1) is 0 Å². The molecule has 0 atom stereocenters. The number of aromatic nitrogens is 4. The van der Waals surface area contributed by atoms with Crippen LogP contribution in [0.2, 0.25) is 0 Å². The molecule has 2 aromatic rings. The summed E-state index contributed by atoms with van der Waals surface area (Å²) in [5, 5.41) is 8.47. The van der Waals surface area contributed by atoms with E-state index in [1.54, 1.807) is 9.36 Å². The van der Waals surface area contributed by atoms with Crippen LogP contribution < -0.4 is 0 Å². The second-order valence-electron chi connectivity index (χ2n) is 6.30. The fraction of sp³-hybridized carbons (Fsp3) is 0.533. The number of hydrogen-bond acceptors (Lipinski definition) is 3. The quantitative estimate of drug-likeness (QED) is 0.845. The van der Waals surface area contributed by atoms with Gasteiger partial charge in [0.15, 0.2) is 5.78 Å².